The fraction of sp³-hybridized carbons (Fsp3) is 0.559. The van der Waals surface area contributed by atoms with Crippen molar-refractivity contribution in [1.82, 2.24) is 24.7 Å². The van der Waals surface area contributed by atoms with Crippen LogP contribution in [0.25, 0.3) is 11.0 Å². The van der Waals surface area contributed by atoms with Crippen LogP contribution in [0.4, 0.5) is 0 Å². The third-order valence-corrected chi connectivity index (χ3v) is 10.3. The Morgan fingerprint density at radius 3 is 2.24 bits per heavy atom. The number of rotatable bonds is 7. The number of nitrogens with zero attached hydrogens (tertiary/aromatic N) is 4. The summed E-state index contributed by atoms with van der Waals surface area (Å²) in [5, 5.41) is 2.84. The van der Waals surface area contributed by atoms with E-state index in [1.165, 1.54) is 43.7 Å². The predicted molar refractivity (Wildman–Crippen MR) is 163 cm³/mol. The molecule has 3 atom stereocenters. The molecule has 41 heavy (non-hydrogen) atoms. The number of hydrogen-bond acceptors (Lipinski definition) is 4. The van der Waals surface area contributed by atoms with Crippen molar-refractivity contribution in [3.63, 3.8) is 0 Å². The van der Waals surface area contributed by atoms with E-state index in [1.807, 2.05) is 18.7 Å². The van der Waals surface area contributed by atoms with E-state index < -0.39 is 5.54 Å². The lowest BCUT2D eigenvalue weighted by Gasteiger charge is -2.46. The van der Waals surface area contributed by atoms with Gasteiger partial charge in [-0.25, -0.2) is 4.98 Å². The number of aryl methyl sites for hydroxylation is 1. The van der Waals surface area contributed by atoms with Gasteiger partial charge in [0.1, 0.15) is 11.4 Å². The van der Waals surface area contributed by atoms with Crippen LogP contribution >= 0.6 is 0 Å². The first-order valence-corrected chi connectivity index (χ1v) is 15.5. The van der Waals surface area contributed by atoms with Gasteiger partial charge in [-0.15, -0.1) is 0 Å². The number of piperidine rings is 2. The van der Waals surface area contributed by atoms with Crippen molar-refractivity contribution < 1.29 is 9.59 Å². The number of nitrogens with one attached hydrogen (secondary N) is 1. The molecule has 0 aliphatic carbocycles. The molecule has 0 spiro atoms. The van der Waals surface area contributed by atoms with Gasteiger partial charge >= 0.3 is 0 Å². The van der Waals surface area contributed by atoms with E-state index in [1.54, 1.807) is 0 Å². The lowest BCUT2D eigenvalue weighted by molar-refractivity contribution is -0.141. The Hall–Kier alpha value is -3.19. The van der Waals surface area contributed by atoms with E-state index in [0.29, 0.717) is 18.1 Å². The first-order chi connectivity index (χ1) is 19.7. The molecule has 3 saturated heterocycles. The topological polar surface area (TPSA) is 70.5 Å². The van der Waals surface area contributed by atoms with Crippen LogP contribution in [0.2, 0.25) is 0 Å². The maximum atomic E-state index is 13.3. The Morgan fingerprint density at radius 1 is 0.951 bits per heavy atom. The Morgan fingerprint density at radius 2 is 1.59 bits per heavy atom. The molecule has 2 bridgehead atoms. The Balaban J connectivity index is 1.16. The van der Waals surface area contributed by atoms with Gasteiger partial charge in [0.15, 0.2) is 0 Å². The van der Waals surface area contributed by atoms with Crippen molar-refractivity contribution in [2.45, 2.75) is 102 Å². The minimum atomic E-state index is -0.888. The van der Waals surface area contributed by atoms with Crippen molar-refractivity contribution in [2.24, 2.45) is 0 Å². The molecule has 3 fully saturated rings. The number of imidazole rings is 1. The summed E-state index contributed by atoms with van der Waals surface area (Å²) < 4.78 is 2.51. The number of carbonyl (C=O) groups excluding carboxylic acids is 2. The molecule has 7 nitrogen and oxygen atoms in total. The molecule has 1 aromatic heterocycles. The summed E-state index contributed by atoms with van der Waals surface area (Å²) >= 11 is 0. The van der Waals surface area contributed by atoms with E-state index in [9.17, 15) is 9.59 Å². The molecule has 7 heteroatoms. The number of para-hydroxylation sites is 2. The second-order valence-corrected chi connectivity index (χ2v) is 13.3. The summed E-state index contributed by atoms with van der Waals surface area (Å²) in [6.07, 6.45) is 7.96. The minimum absolute atomic E-state index is 0.0109. The molecule has 0 radical (unpaired) electrons. The smallest absolute Gasteiger partial charge is 0.247 e. The summed E-state index contributed by atoms with van der Waals surface area (Å²) in [5.74, 6) is 0.973. The van der Waals surface area contributed by atoms with Crippen molar-refractivity contribution in [1.29, 1.82) is 0 Å². The molecule has 4 heterocycles. The van der Waals surface area contributed by atoms with E-state index in [-0.39, 0.29) is 17.2 Å². The molecular formula is C34H45N5O2. The van der Waals surface area contributed by atoms with E-state index >= 15 is 0 Å². The molecule has 2 aromatic carbocycles. The number of carbonyl (C=O) groups is 2. The molecule has 0 saturated carbocycles. The van der Waals surface area contributed by atoms with E-state index in [2.05, 4.69) is 76.3 Å². The Kier molecular flexibility index (Phi) is 7.43. The van der Waals surface area contributed by atoms with E-state index in [0.717, 1.165) is 50.2 Å². The van der Waals surface area contributed by atoms with Crippen LogP contribution in [-0.4, -0.2) is 68.4 Å². The van der Waals surface area contributed by atoms with Gasteiger partial charge in [-0.3, -0.25) is 14.5 Å². The zero-order chi connectivity index (χ0) is 28.8. The summed E-state index contributed by atoms with van der Waals surface area (Å²) in [7, 11) is 0. The highest BCUT2D eigenvalue weighted by molar-refractivity contribution is 5.90. The number of fused-ring (bicyclic) bond motifs is 3. The van der Waals surface area contributed by atoms with Gasteiger partial charge in [-0.05, 0) is 95.4 Å². The fourth-order valence-electron chi connectivity index (χ4n) is 8.29. The van der Waals surface area contributed by atoms with Crippen LogP contribution in [0.3, 0.4) is 0 Å². The molecule has 2 amide bonds. The van der Waals surface area contributed by atoms with E-state index in [4.69, 9.17) is 4.98 Å². The monoisotopic (exact) mass is 555 g/mol. The highest BCUT2D eigenvalue weighted by Gasteiger charge is 2.45. The Bertz CT molecular complexity index is 1390. The number of likely N-dealkylation sites (tertiary alicyclic amines) is 1. The van der Waals surface area contributed by atoms with Crippen LogP contribution < -0.4 is 5.32 Å². The third-order valence-electron chi connectivity index (χ3n) is 10.3. The standard InChI is InChI=1S/C34H45N5O2/c1-24-35-30-12-8-9-13-31(30)39(24)29-22-27-14-15-28(23-29)38(27)21-18-34(26-10-6-5-7-11-26)16-19-37(20-17-34)32(41)33(3,4)36-25(2)40/h5-13,27-29H,14-23H2,1-4H3,(H,36,40)/t27-,28+,29?. The van der Waals surface area contributed by atoms with Gasteiger partial charge < -0.3 is 14.8 Å². The number of hydrogen-bond donors (Lipinski definition) is 1. The van der Waals surface area contributed by atoms with Gasteiger partial charge in [0.25, 0.3) is 0 Å². The highest BCUT2D eigenvalue weighted by Crippen LogP contribution is 2.45. The average Bonchev–Trinajstić information content (AvgIpc) is 3.42. The van der Waals surface area contributed by atoms with Crippen LogP contribution in [0.1, 0.15) is 83.1 Å². The molecule has 218 valence electrons. The number of benzene rings is 2. The first kappa shape index (κ1) is 28.0. The summed E-state index contributed by atoms with van der Waals surface area (Å²) in [5.41, 5.74) is 2.95. The largest absolute Gasteiger partial charge is 0.342 e. The molecule has 3 aromatic rings. The van der Waals surface area contributed by atoms with Crippen LogP contribution in [0, 0.1) is 6.92 Å². The van der Waals surface area contributed by atoms with Crippen LogP contribution in [0.15, 0.2) is 54.6 Å². The fourth-order valence-corrected chi connectivity index (χ4v) is 8.29. The average molecular weight is 556 g/mol. The highest BCUT2D eigenvalue weighted by atomic mass is 16.2. The second kappa shape index (κ2) is 10.9. The summed E-state index contributed by atoms with van der Waals surface area (Å²) in [6.45, 7) is 9.79. The molecule has 1 N–H and O–H groups in total. The molecule has 3 aliphatic rings. The zero-order valence-corrected chi connectivity index (χ0v) is 25.1. The van der Waals surface area contributed by atoms with Crippen molar-refractivity contribution in [3.05, 3.63) is 66.0 Å². The number of amides is 2. The number of aromatic nitrogens is 2. The molecule has 6 rings (SSSR count). The Labute approximate surface area is 244 Å². The third kappa shape index (κ3) is 5.29. The maximum Gasteiger partial charge on any atom is 0.247 e. The second-order valence-electron chi connectivity index (χ2n) is 13.3. The van der Waals surface area contributed by atoms with Crippen LogP contribution in [0.5, 0.6) is 0 Å². The van der Waals surface area contributed by atoms with Gasteiger partial charge in [0.05, 0.1) is 11.0 Å². The zero-order valence-electron chi connectivity index (χ0n) is 25.1. The van der Waals surface area contributed by atoms with Crippen LogP contribution in [-0.2, 0) is 15.0 Å². The summed E-state index contributed by atoms with van der Waals surface area (Å²) in [6, 6.07) is 21.3. The first-order valence-electron chi connectivity index (χ1n) is 15.5. The lowest BCUT2D eigenvalue weighted by atomic mass is 9.70. The molecular weight excluding hydrogens is 510 g/mol. The molecule has 3 aliphatic heterocycles. The lowest BCUT2D eigenvalue weighted by Crippen LogP contribution is -2.58. The van der Waals surface area contributed by atoms with Gasteiger partial charge in [-0.2, -0.15) is 0 Å². The van der Waals surface area contributed by atoms with Crippen molar-refractivity contribution in [3.8, 4) is 0 Å². The molecule has 1 unspecified atom stereocenters. The van der Waals surface area contributed by atoms with Gasteiger partial charge in [-0.1, -0.05) is 42.5 Å². The predicted octanol–water partition coefficient (Wildman–Crippen LogP) is 5.38. The quantitative estimate of drug-likeness (QED) is 0.425. The van der Waals surface area contributed by atoms with Gasteiger partial charge in [0, 0.05) is 38.1 Å². The van der Waals surface area contributed by atoms with Crippen molar-refractivity contribution in [2.75, 3.05) is 19.6 Å². The maximum absolute atomic E-state index is 13.3. The minimum Gasteiger partial charge on any atom is -0.342 e. The normalized spacial score (nSPS) is 24.5. The van der Waals surface area contributed by atoms with Gasteiger partial charge in [0.2, 0.25) is 11.8 Å². The van der Waals surface area contributed by atoms with Crippen molar-refractivity contribution >= 4 is 22.8 Å². The summed E-state index contributed by atoms with van der Waals surface area (Å²) in [4.78, 5) is 34.7. The SMILES string of the molecule is CC(=O)NC(C)(C)C(=O)N1CCC(CCN2[C@@H]3CC[C@H]2CC(n2c(C)nc4ccccc42)C3)(c2ccccc2)CC1.